The molecule has 1 aromatic rings. The predicted octanol–water partition coefficient (Wildman–Crippen LogP) is 1.12. The average molecular weight is 151 g/mol. The van der Waals surface area contributed by atoms with Gasteiger partial charge in [-0.3, -0.25) is 9.59 Å². The molecule has 0 bridgehead atoms. The predicted molar refractivity (Wildman–Crippen MR) is 36.4 cm³/mol. The monoisotopic (exact) mass is 151 g/mol. The second kappa shape index (κ2) is 3.05. The molecule has 0 atom stereocenters. The fourth-order valence-corrected chi connectivity index (χ4v) is 0.660. The Morgan fingerprint density at radius 3 is 2.27 bits per heavy atom. The lowest BCUT2D eigenvalue weighted by Crippen LogP contribution is -1.98. The van der Waals surface area contributed by atoms with Crippen LogP contribution in [-0.2, 0) is 4.79 Å². The number of Topliss-reactive ketones (excluding diaryl/α,β-unsaturated/α-hetero) is 1. The Hall–Kier alpha value is -1.51. The molecule has 11 heavy (non-hydrogen) atoms. The molecule has 0 aromatic heterocycles. The lowest BCUT2D eigenvalue weighted by molar-refractivity contribution is 0.106. The van der Waals surface area contributed by atoms with E-state index < -0.39 is 11.6 Å². The van der Waals surface area contributed by atoms with Crippen molar-refractivity contribution >= 4 is 12.1 Å². The first kappa shape index (κ1) is 7.60. The Morgan fingerprint density at radius 1 is 1.27 bits per heavy atom. The van der Waals surface area contributed by atoms with Crippen LogP contribution in [0.3, 0.4) is 0 Å². The van der Waals surface area contributed by atoms with Crippen molar-refractivity contribution in [3.05, 3.63) is 35.6 Å². The van der Waals surface area contributed by atoms with Gasteiger partial charge in [-0.2, -0.15) is 0 Å². The molecule has 0 amide bonds. The second-order valence-electron chi connectivity index (χ2n) is 1.94. The van der Waals surface area contributed by atoms with Crippen LogP contribution >= 0.6 is 0 Å². The summed E-state index contributed by atoms with van der Waals surface area (Å²) in [6.45, 7) is 0. The number of halogens is 1. The molecule has 1 radical (unpaired) electrons. The van der Waals surface area contributed by atoms with Crippen LogP contribution in [0.4, 0.5) is 4.39 Å². The smallest absolute Gasteiger partial charge is 0.277 e. The van der Waals surface area contributed by atoms with E-state index >= 15 is 0 Å². The van der Waals surface area contributed by atoms with Crippen molar-refractivity contribution in [2.75, 3.05) is 0 Å². The summed E-state index contributed by atoms with van der Waals surface area (Å²) in [5.74, 6) is -1.20. The molecule has 0 fully saturated rings. The maximum Gasteiger partial charge on any atom is 0.277 e. The summed E-state index contributed by atoms with van der Waals surface area (Å²) in [5.41, 5.74) is 0.154. The number of carbonyl (C=O) groups is 1. The quantitative estimate of drug-likeness (QED) is 0.468. The molecule has 0 unspecified atom stereocenters. The van der Waals surface area contributed by atoms with E-state index in [9.17, 15) is 14.0 Å². The van der Waals surface area contributed by atoms with Crippen LogP contribution in [0.2, 0.25) is 0 Å². The Labute approximate surface area is 62.6 Å². The normalized spacial score (nSPS) is 9.18. The summed E-state index contributed by atoms with van der Waals surface area (Å²) in [4.78, 5) is 20.4. The van der Waals surface area contributed by atoms with Gasteiger partial charge in [0.05, 0.1) is 0 Å². The van der Waals surface area contributed by atoms with Crippen molar-refractivity contribution in [3.8, 4) is 0 Å². The van der Waals surface area contributed by atoms with Crippen molar-refractivity contribution in [2.24, 2.45) is 0 Å². The third kappa shape index (κ3) is 1.70. The van der Waals surface area contributed by atoms with Gasteiger partial charge in [-0.25, -0.2) is 4.39 Å². The van der Waals surface area contributed by atoms with Crippen LogP contribution in [0.15, 0.2) is 24.3 Å². The molecule has 0 aliphatic heterocycles. The van der Waals surface area contributed by atoms with Gasteiger partial charge in [0, 0.05) is 5.56 Å². The zero-order valence-electron chi connectivity index (χ0n) is 5.50. The lowest BCUT2D eigenvalue weighted by atomic mass is 10.1. The Bertz CT molecular complexity index is 277. The van der Waals surface area contributed by atoms with Gasteiger partial charge in [0.25, 0.3) is 6.29 Å². The first-order chi connectivity index (χ1) is 5.24. The van der Waals surface area contributed by atoms with Crippen molar-refractivity contribution in [3.63, 3.8) is 0 Å². The summed E-state index contributed by atoms with van der Waals surface area (Å²) in [5, 5.41) is 0. The minimum atomic E-state index is -0.759. The van der Waals surface area contributed by atoms with E-state index in [0.29, 0.717) is 0 Å². The summed E-state index contributed by atoms with van der Waals surface area (Å²) in [6, 6.07) is 4.71. The van der Waals surface area contributed by atoms with Crippen molar-refractivity contribution in [1.82, 2.24) is 0 Å². The summed E-state index contributed by atoms with van der Waals surface area (Å²) in [7, 11) is 0. The first-order valence-electron chi connectivity index (χ1n) is 2.92. The molecule has 1 aromatic carbocycles. The van der Waals surface area contributed by atoms with Crippen LogP contribution < -0.4 is 0 Å². The Balaban J connectivity index is 2.98. The number of ketones is 1. The minimum absolute atomic E-state index is 0.154. The van der Waals surface area contributed by atoms with Crippen LogP contribution in [0.1, 0.15) is 10.4 Å². The third-order valence-corrected chi connectivity index (χ3v) is 1.20. The maximum absolute atomic E-state index is 12.2. The lowest BCUT2D eigenvalue weighted by Gasteiger charge is -1.90. The molecule has 1 rings (SSSR count). The third-order valence-electron chi connectivity index (χ3n) is 1.20. The van der Waals surface area contributed by atoms with Gasteiger partial charge in [-0.1, -0.05) is 0 Å². The number of carbonyl (C=O) groups excluding carboxylic acids is 2. The summed E-state index contributed by atoms with van der Waals surface area (Å²) < 4.78 is 12.2. The molecule has 0 heterocycles. The van der Waals surface area contributed by atoms with Crippen molar-refractivity contribution < 1.29 is 14.0 Å². The van der Waals surface area contributed by atoms with E-state index in [1.807, 2.05) is 0 Å². The molecule has 55 valence electrons. The van der Waals surface area contributed by atoms with E-state index in [0.717, 1.165) is 12.1 Å². The van der Waals surface area contributed by atoms with Crippen molar-refractivity contribution in [2.45, 2.75) is 0 Å². The molecule has 3 heteroatoms. The largest absolute Gasteiger partial charge is 0.285 e. The highest BCUT2D eigenvalue weighted by atomic mass is 19.1. The Kier molecular flexibility index (Phi) is 2.11. The van der Waals surface area contributed by atoms with Gasteiger partial charge in [-0.15, -0.1) is 0 Å². The van der Waals surface area contributed by atoms with Crippen LogP contribution in [0, 0.1) is 5.82 Å². The van der Waals surface area contributed by atoms with Gasteiger partial charge in [0.2, 0.25) is 5.78 Å². The van der Waals surface area contributed by atoms with E-state index in [4.69, 9.17) is 0 Å². The summed E-state index contributed by atoms with van der Waals surface area (Å²) in [6.07, 6.45) is 1.19. The van der Waals surface area contributed by atoms with Gasteiger partial charge in [-0.05, 0) is 24.3 Å². The molecule has 2 nitrogen and oxygen atoms in total. The van der Waals surface area contributed by atoms with Crippen LogP contribution in [-0.4, -0.2) is 12.1 Å². The number of rotatable bonds is 2. The molecule has 0 aliphatic rings. The van der Waals surface area contributed by atoms with Crippen LogP contribution in [0.25, 0.3) is 0 Å². The minimum Gasteiger partial charge on any atom is -0.285 e. The number of hydrogen-bond acceptors (Lipinski definition) is 2. The number of benzene rings is 1. The maximum atomic E-state index is 12.2. The molecule has 0 N–H and O–H groups in total. The standard InChI is InChI=1S/C8H4FO2/c9-7-3-1-6(2-4-7)8(11)5-10/h1-4H. The molecular weight excluding hydrogens is 147 g/mol. The number of hydrogen-bond donors (Lipinski definition) is 0. The second-order valence-corrected chi connectivity index (χ2v) is 1.94. The zero-order valence-corrected chi connectivity index (χ0v) is 5.50. The Morgan fingerprint density at radius 2 is 1.82 bits per heavy atom. The first-order valence-corrected chi connectivity index (χ1v) is 2.92. The van der Waals surface area contributed by atoms with E-state index in [1.165, 1.54) is 18.4 Å². The van der Waals surface area contributed by atoms with Gasteiger partial charge in [0.1, 0.15) is 5.82 Å². The van der Waals surface area contributed by atoms with Crippen LogP contribution in [0.5, 0.6) is 0 Å². The average Bonchev–Trinajstić information content (AvgIpc) is 2.05. The van der Waals surface area contributed by atoms with Crippen molar-refractivity contribution in [1.29, 1.82) is 0 Å². The fourth-order valence-electron chi connectivity index (χ4n) is 0.660. The topological polar surface area (TPSA) is 34.1 Å². The highest BCUT2D eigenvalue weighted by molar-refractivity contribution is 6.33. The van der Waals surface area contributed by atoms with Gasteiger partial charge >= 0.3 is 0 Å². The SMILES string of the molecule is O=[C]C(=O)c1ccc(F)cc1. The summed E-state index contributed by atoms with van der Waals surface area (Å²) >= 11 is 0. The van der Waals surface area contributed by atoms with E-state index in [2.05, 4.69) is 0 Å². The molecular formula is C8H4FO2. The molecule has 0 saturated carbocycles. The fraction of sp³-hybridized carbons (Fsp3) is 0. The highest BCUT2D eigenvalue weighted by Gasteiger charge is 2.03. The van der Waals surface area contributed by atoms with E-state index in [1.54, 1.807) is 0 Å². The van der Waals surface area contributed by atoms with Gasteiger partial charge < -0.3 is 0 Å². The molecule has 0 saturated heterocycles. The molecule has 0 spiro atoms. The van der Waals surface area contributed by atoms with Gasteiger partial charge in [0.15, 0.2) is 0 Å². The zero-order chi connectivity index (χ0) is 8.27. The highest BCUT2D eigenvalue weighted by Crippen LogP contribution is 2.01. The molecule has 0 aliphatic carbocycles. The van der Waals surface area contributed by atoms with E-state index in [-0.39, 0.29) is 5.56 Å².